The van der Waals surface area contributed by atoms with E-state index in [1.807, 2.05) is 13.0 Å². The van der Waals surface area contributed by atoms with Crippen molar-refractivity contribution >= 4 is 11.4 Å². The number of nitro benzene ring substituents is 1. The number of benzene rings is 1. The Hall–Kier alpha value is -1.62. The van der Waals surface area contributed by atoms with Gasteiger partial charge >= 0.3 is 0 Å². The van der Waals surface area contributed by atoms with Crippen molar-refractivity contribution in [1.29, 1.82) is 0 Å². The number of nitro groups is 1. The normalized spacial score (nSPS) is 10.7. The molecule has 0 radical (unpaired) electrons. The molecule has 0 aliphatic rings. The molecule has 0 saturated heterocycles. The monoisotopic (exact) mass is 266 g/mol. The lowest BCUT2D eigenvalue weighted by atomic mass is 10.1. The second-order valence-electron chi connectivity index (χ2n) is 4.83. The van der Waals surface area contributed by atoms with E-state index in [4.69, 9.17) is 4.74 Å². The van der Waals surface area contributed by atoms with E-state index < -0.39 is 0 Å². The number of ether oxygens (including phenoxy) is 1. The molecule has 0 spiro atoms. The van der Waals surface area contributed by atoms with Gasteiger partial charge in [0.2, 0.25) is 0 Å². The van der Waals surface area contributed by atoms with Crippen LogP contribution in [0.2, 0.25) is 0 Å². The highest BCUT2D eigenvalue weighted by atomic mass is 16.6. The zero-order valence-corrected chi connectivity index (χ0v) is 11.8. The van der Waals surface area contributed by atoms with E-state index in [1.54, 1.807) is 6.07 Å². The summed E-state index contributed by atoms with van der Waals surface area (Å²) < 4.78 is 5.59. The van der Waals surface area contributed by atoms with Gasteiger partial charge in [0.1, 0.15) is 5.69 Å². The molecule has 106 valence electrons. The quantitative estimate of drug-likeness (QED) is 0.443. The van der Waals surface area contributed by atoms with Crippen LogP contribution in [-0.4, -0.2) is 18.1 Å². The van der Waals surface area contributed by atoms with Gasteiger partial charge in [0.25, 0.3) is 5.69 Å². The Labute approximate surface area is 114 Å². The lowest BCUT2D eigenvalue weighted by Gasteiger charge is -2.12. The lowest BCUT2D eigenvalue weighted by Crippen LogP contribution is -2.07. The summed E-state index contributed by atoms with van der Waals surface area (Å²) in [6, 6.07) is 5.07. The minimum Gasteiger partial charge on any atom is -0.379 e. The molecule has 1 aromatic rings. The van der Waals surface area contributed by atoms with Crippen LogP contribution in [0.1, 0.15) is 32.8 Å². The molecule has 0 bridgehead atoms. The molecule has 0 fully saturated rings. The van der Waals surface area contributed by atoms with Crippen LogP contribution in [0.3, 0.4) is 0 Å². The number of rotatable bonds is 8. The van der Waals surface area contributed by atoms with Crippen LogP contribution in [0.5, 0.6) is 0 Å². The van der Waals surface area contributed by atoms with Gasteiger partial charge in [-0.2, -0.15) is 0 Å². The summed E-state index contributed by atoms with van der Waals surface area (Å²) in [7, 11) is 0. The van der Waals surface area contributed by atoms with Crippen molar-refractivity contribution in [3.63, 3.8) is 0 Å². The van der Waals surface area contributed by atoms with Crippen molar-refractivity contribution in [2.75, 3.05) is 18.5 Å². The molecule has 0 heterocycles. The van der Waals surface area contributed by atoms with E-state index in [2.05, 4.69) is 19.2 Å². The first-order valence-electron chi connectivity index (χ1n) is 6.64. The predicted octanol–water partition coefficient (Wildman–Crippen LogP) is 3.59. The van der Waals surface area contributed by atoms with E-state index in [-0.39, 0.29) is 10.6 Å². The van der Waals surface area contributed by atoms with Crippen molar-refractivity contribution in [2.24, 2.45) is 5.92 Å². The molecule has 5 heteroatoms. The van der Waals surface area contributed by atoms with Crippen molar-refractivity contribution in [1.82, 2.24) is 0 Å². The zero-order valence-electron chi connectivity index (χ0n) is 11.8. The Kier molecular flexibility index (Phi) is 6.29. The van der Waals surface area contributed by atoms with Crippen molar-refractivity contribution < 1.29 is 9.66 Å². The van der Waals surface area contributed by atoms with E-state index >= 15 is 0 Å². The minimum absolute atomic E-state index is 0.104. The average Bonchev–Trinajstić information content (AvgIpc) is 2.35. The Bertz CT molecular complexity index is 419. The summed E-state index contributed by atoms with van der Waals surface area (Å²) in [5.41, 5.74) is 1.51. The topological polar surface area (TPSA) is 64.4 Å². The molecule has 0 aromatic heterocycles. The third kappa shape index (κ3) is 4.87. The van der Waals surface area contributed by atoms with Crippen LogP contribution >= 0.6 is 0 Å². The molecule has 1 N–H and O–H groups in total. The van der Waals surface area contributed by atoms with Crippen LogP contribution in [0.25, 0.3) is 0 Å². The standard InChI is InChI=1S/C14H22N2O3/c1-4-15-14-12(10-19-9-8-11(2)3)6-5-7-13(14)16(17)18/h5-7,11,15H,4,8-10H2,1-3H3. The van der Waals surface area contributed by atoms with Crippen molar-refractivity contribution in [3.05, 3.63) is 33.9 Å². The van der Waals surface area contributed by atoms with Gasteiger partial charge in [-0.15, -0.1) is 0 Å². The maximum Gasteiger partial charge on any atom is 0.292 e. The van der Waals surface area contributed by atoms with Crippen LogP contribution in [0, 0.1) is 16.0 Å². The summed E-state index contributed by atoms with van der Waals surface area (Å²) in [6.45, 7) is 7.91. The highest BCUT2D eigenvalue weighted by molar-refractivity contribution is 5.66. The highest BCUT2D eigenvalue weighted by Crippen LogP contribution is 2.28. The Morgan fingerprint density at radius 1 is 1.42 bits per heavy atom. The lowest BCUT2D eigenvalue weighted by molar-refractivity contribution is -0.384. The van der Waals surface area contributed by atoms with Gasteiger partial charge in [-0.05, 0) is 19.3 Å². The summed E-state index contributed by atoms with van der Waals surface area (Å²) in [4.78, 5) is 10.6. The maximum absolute atomic E-state index is 11.0. The molecule has 5 nitrogen and oxygen atoms in total. The predicted molar refractivity (Wildman–Crippen MR) is 76.4 cm³/mol. The summed E-state index contributed by atoms with van der Waals surface area (Å²) in [6.07, 6.45) is 0.992. The molecule has 1 aromatic carbocycles. The molecule has 0 saturated carbocycles. The first-order chi connectivity index (χ1) is 9.06. The fourth-order valence-electron chi connectivity index (χ4n) is 1.74. The molecule has 0 aliphatic carbocycles. The SMILES string of the molecule is CCNc1c(COCCC(C)C)cccc1[N+](=O)[O-]. The number of para-hydroxylation sites is 1. The summed E-state index contributed by atoms with van der Waals surface area (Å²) in [5.74, 6) is 0.596. The van der Waals surface area contributed by atoms with Gasteiger partial charge < -0.3 is 10.1 Å². The third-order valence-corrected chi connectivity index (χ3v) is 2.78. The van der Waals surface area contributed by atoms with Gasteiger partial charge in [-0.25, -0.2) is 0 Å². The number of nitrogens with zero attached hydrogens (tertiary/aromatic N) is 1. The molecular formula is C14H22N2O3. The smallest absolute Gasteiger partial charge is 0.292 e. The molecule has 0 unspecified atom stereocenters. The maximum atomic E-state index is 11.0. The fourth-order valence-corrected chi connectivity index (χ4v) is 1.74. The van der Waals surface area contributed by atoms with Gasteiger partial charge in [-0.3, -0.25) is 10.1 Å². The zero-order chi connectivity index (χ0) is 14.3. The number of hydrogen-bond acceptors (Lipinski definition) is 4. The first-order valence-corrected chi connectivity index (χ1v) is 6.64. The fraction of sp³-hybridized carbons (Fsp3) is 0.571. The van der Waals surface area contributed by atoms with Crippen LogP contribution < -0.4 is 5.32 Å². The van der Waals surface area contributed by atoms with Crippen LogP contribution in [-0.2, 0) is 11.3 Å². The first kappa shape index (κ1) is 15.4. The van der Waals surface area contributed by atoms with Gasteiger partial charge in [-0.1, -0.05) is 26.0 Å². The van der Waals surface area contributed by atoms with E-state index in [1.165, 1.54) is 6.07 Å². The van der Waals surface area contributed by atoms with Crippen molar-refractivity contribution in [3.8, 4) is 0 Å². The third-order valence-electron chi connectivity index (χ3n) is 2.78. The number of hydrogen-bond donors (Lipinski definition) is 1. The van der Waals surface area contributed by atoms with Gasteiger partial charge in [0, 0.05) is 24.8 Å². The number of nitrogens with one attached hydrogen (secondary N) is 1. The molecule has 0 atom stereocenters. The second-order valence-corrected chi connectivity index (χ2v) is 4.83. The van der Waals surface area contributed by atoms with Crippen LogP contribution in [0.4, 0.5) is 11.4 Å². The molecule has 0 aliphatic heterocycles. The van der Waals surface area contributed by atoms with E-state index in [0.717, 1.165) is 12.0 Å². The molecular weight excluding hydrogens is 244 g/mol. The van der Waals surface area contributed by atoms with E-state index in [0.29, 0.717) is 31.4 Å². The summed E-state index contributed by atoms with van der Waals surface area (Å²) in [5, 5.41) is 14.0. The second kappa shape index (κ2) is 7.74. The Balaban J connectivity index is 2.75. The largest absolute Gasteiger partial charge is 0.379 e. The minimum atomic E-state index is -0.365. The number of anilines is 1. The Morgan fingerprint density at radius 2 is 2.16 bits per heavy atom. The van der Waals surface area contributed by atoms with Gasteiger partial charge in [0.15, 0.2) is 0 Å². The summed E-state index contributed by atoms with van der Waals surface area (Å²) >= 11 is 0. The average molecular weight is 266 g/mol. The van der Waals surface area contributed by atoms with Gasteiger partial charge in [0.05, 0.1) is 11.5 Å². The van der Waals surface area contributed by atoms with E-state index in [9.17, 15) is 10.1 Å². The molecule has 0 amide bonds. The molecule has 19 heavy (non-hydrogen) atoms. The van der Waals surface area contributed by atoms with Crippen molar-refractivity contribution in [2.45, 2.75) is 33.8 Å². The highest BCUT2D eigenvalue weighted by Gasteiger charge is 2.16. The van der Waals surface area contributed by atoms with Crippen LogP contribution in [0.15, 0.2) is 18.2 Å². The Morgan fingerprint density at radius 3 is 2.74 bits per heavy atom. The molecule has 1 rings (SSSR count).